The Labute approximate surface area is 148 Å². The normalized spacial score (nSPS) is 11.8. The van der Waals surface area contributed by atoms with E-state index in [2.05, 4.69) is 10.6 Å². The first-order valence-corrected chi connectivity index (χ1v) is 7.90. The molecule has 0 fully saturated rings. The smallest absolute Gasteiger partial charge is 0.417 e. The van der Waals surface area contributed by atoms with Gasteiger partial charge < -0.3 is 15.4 Å². The Balaban J connectivity index is 2.44. The summed E-state index contributed by atoms with van der Waals surface area (Å²) in [5, 5.41) is 4.28. The van der Waals surface area contributed by atoms with Crippen LogP contribution in [0.2, 0.25) is 5.02 Å². The third kappa shape index (κ3) is 8.11. The summed E-state index contributed by atoms with van der Waals surface area (Å²) in [6.45, 7) is 5.42. The number of halogens is 4. The predicted octanol–water partition coefficient (Wildman–Crippen LogP) is 4.60. The number of rotatable bonds is 5. The lowest BCUT2D eigenvalue weighted by Crippen LogP contribution is -2.30. The number of carbonyl (C=O) groups excluding carboxylic acids is 2. The molecule has 0 heterocycles. The SMILES string of the molecule is CC(C)(C)OC(=O)CCCNC(=O)Nc1ccc(Cl)c(C(F)(F)F)c1. The molecule has 0 atom stereocenters. The zero-order valence-electron chi connectivity index (χ0n) is 14.1. The maximum Gasteiger partial charge on any atom is 0.417 e. The molecule has 25 heavy (non-hydrogen) atoms. The first kappa shape index (κ1) is 21.1. The third-order valence-corrected chi connectivity index (χ3v) is 3.12. The number of urea groups is 1. The Kier molecular flexibility index (Phi) is 7.10. The number of alkyl halides is 3. The minimum absolute atomic E-state index is 0.0404. The minimum Gasteiger partial charge on any atom is -0.460 e. The summed E-state index contributed by atoms with van der Waals surface area (Å²) in [6, 6.07) is 2.39. The molecule has 0 saturated heterocycles. The Morgan fingerprint density at radius 3 is 2.40 bits per heavy atom. The van der Waals surface area contributed by atoms with E-state index in [1.54, 1.807) is 20.8 Å². The van der Waals surface area contributed by atoms with Gasteiger partial charge in [0.25, 0.3) is 0 Å². The van der Waals surface area contributed by atoms with Crippen molar-refractivity contribution in [3.8, 4) is 0 Å². The summed E-state index contributed by atoms with van der Waals surface area (Å²) in [5.41, 5.74) is -1.65. The minimum atomic E-state index is -4.61. The Bertz CT molecular complexity index is 628. The number of carbonyl (C=O) groups is 2. The number of nitrogens with one attached hydrogen (secondary N) is 2. The summed E-state index contributed by atoms with van der Waals surface area (Å²) >= 11 is 5.50. The van der Waals surface area contributed by atoms with E-state index < -0.39 is 28.4 Å². The second-order valence-corrected chi connectivity index (χ2v) is 6.67. The predicted molar refractivity (Wildman–Crippen MR) is 88.6 cm³/mol. The molecule has 9 heteroatoms. The van der Waals surface area contributed by atoms with Gasteiger partial charge >= 0.3 is 18.2 Å². The number of ether oxygens (including phenoxy) is 1. The van der Waals surface area contributed by atoms with Crippen LogP contribution >= 0.6 is 11.6 Å². The van der Waals surface area contributed by atoms with Crippen molar-refractivity contribution in [2.75, 3.05) is 11.9 Å². The molecule has 0 aromatic heterocycles. The van der Waals surface area contributed by atoms with E-state index in [0.29, 0.717) is 6.42 Å². The monoisotopic (exact) mass is 380 g/mol. The van der Waals surface area contributed by atoms with Gasteiger partial charge in [-0.3, -0.25) is 4.79 Å². The van der Waals surface area contributed by atoms with Crippen LogP contribution in [0.5, 0.6) is 0 Å². The van der Waals surface area contributed by atoms with E-state index in [-0.39, 0.29) is 24.6 Å². The maximum atomic E-state index is 12.8. The van der Waals surface area contributed by atoms with E-state index >= 15 is 0 Å². The third-order valence-electron chi connectivity index (χ3n) is 2.79. The second-order valence-electron chi connectivity index (χ2n) is 6.26. The van der Waals surface area contributed by atoms with Crippen LogP contribution in [-0.4, -0.2) is 24.1 Å². The molecule has 1 aromatic rings. The lowest BCUT2D eigenvalue weighted by Gasteiger charge is -2.19. The van der Waals surface area contributed by atoms with Gasteiger partial charge in [0.15, 0.2) is 0 Å². The molecule has 2 N–H and O–H groups in total. The molecule has 0 radical (unpaired) electrons. The number of benzene rings is 1. The molecule has 5 nitrogen and oxygen atoms in total. The average molecular weight is 381 g/mol. The van der Waals surface area contributed by atoms with Gasteiger partial charge in [0.2, 0.25) is 0 Å². The van der Waals surface area contributed by atoms with Crippen molar-refractivity contribution in [2.24, 2.45) is 0 Å². The summed E-state index contributed by atoms with van der Waals surface area (Å²) < 4.78 is 43.4. The van der Waals surface area contributed by atoms with Crippen LogP contribution in [0, 0.1) is 0 Å². The Morgan fingerprint density at radius 1 is 1.20 bits per heavy atom. The van der Waals surface area contributed by atoms with Gasteiger partial charge in [0.1, 0.15) is 5.60 Å². The van der Waals surface area contributed by atoms with E-state index in [1.165, 1.54) is 6.07 Å². The summed E-state index contributed by atoms with van der Waals surface area (Å²) in [5.74, 6) is -0.387. The van der Waals surface area contributed by atoms with Crippen LogP contribution in [0.3, 0.4) is 0 Å². The van der Waals surface area contributed by atoms with Crippen LogP contribution in [0.1, 0.15) is 39.2 Å². The molecule has 1 aromatic carbocycles. The average Bonchev–Trinajstić information content (AvgIpc) is 2.42. The number of esters is 1. The zero-order valence-corrected chi connectivity index (χ0v) is 14.8. The van der Waals surface area contributed by atoms with E-state index in [9.17, 15) is 22.8 Å². The van der Waals surface area contributed by atoms with Crippen LogP contribution in [0.4, 0.5) is 23.7 Å². The van der Waals surface area contributed by atoms with Gasteiger partial charge in [-0.2, -0.15) is 13.2 Å². The number of amides is 2. The van der Waals surface area contributed by atoms with Crippen molar-refractivity contribution in [3.63, 3.8) is 0 Å². The lowest BCUT2D eigenvalue weighted by atomic mass is 10.2. The van der Waals surface area contributed by atoms with E-state index in [4.69, 9.17) is 16.3 Å². The van der Waals surface area contributed by atoms with Crippen LogP contribution in [0.15, 0.2) is 18.2 Å². The summed E-state index contributed by atoms with van der Waals surface area (Å²) in [4.78, 5) is 23.2. The quantitative estimate of drug-likeness (QED) is 0.579. The molecular weight excluding hydrogens is 361 g/mol. The highest BCUT2D eigenvalue weighted by Gasteiger charge is 2.33. The molecule has 0 aliphatic heterocycles. The van der Waals surface area contributed by atoms with Crippen LogP contribution in [-0.2, 0) is 15.7 Å². The summed E-state index contributed by atoms with van der Waals surface area (Å²) in [6.07, 6.45) is -4.15. The van der Waals surface area contributed by atoms with Crippen molar-refractivity contribution in [1.29, 1.82) is 0 Å². The molecule has 140 valence electrons. The second kappa shape index (κ2) is 8.42. The highest BCUT2D eigenvalue weighted by molar-refractivity contribution is 6.31. The largest absolute Gasteiger partial charge is 0.460 e. The number of hydrogen-bond donors (Lipinski definition) is 2. The first-order valence-electron chi connectivity index (χ1n) is 7.52. The Morgan fingerprint density at radius 2 is 1.84 bits per heavy atom. The molecule has 0 unspecified atom stereocenters. The molecule has 0 aliphatic rings. The highest BCUT2D eigenvalue weighted by atomic mass is 35.5. The molecule has 2 amide bonds. The number of anilines is 1. The maximum absolute atomic E-state index is 12.8. The van der Waals surface area contributed by atoms with Crippen LogP contribution in [0.25, 0.3) is 0 Å². The lowest BCUT2D eigenvalue weighted by molar-refractivity contribution is -0.154. The fourth-order valence-electron chi connectivity index (χ4n) is 1.82. The molecule has 0 aliphatic carbocycles. The molecule has 0 saturated carbocycles. The van der Waals surface area contributed by atoms with Gasteiger partial charge in [-0.25, -0.2) is 4.79 Å². The number of hydrogen-bond acceptors (Lipinski definition) is 3. The zero-order chi connectivity index (χ0) is 19.3. The van der Waals surface area contributed by atoms with Crippen molar-refractivity contribution >= 4 is 29.3 Å². The summed E-state index contributed by atoms with van der Waals surface area (Å²) in [7, 11) is 0. The fraction of sp³-hybridized carbons (Fsp3) is 0.500. The van der Waals surface area contributed by atoms with Crippen molar-refractivity contribution in [3.05, 3.63) is 28.8 Å². The molecular formula is C16H20ClF3N2O3. The van der Waals surface area contributed by atoms with Gasteiger partial charge in [-0.05, 0) is 45.4 Å². The Hall–Kier alpha value is -1.96. The van der Waals surface area contributed by atoms with Crippen molar-refractivity contribution in [1.82, 2.24) is 5.32 Å². The van der Waals surface area contributed by atoms with E-state index in [0.717, 1.165) is 12.1 Å². The van der Waals surface area contributed by atoms with Crippen molar-refractivity contribution in [2.45, 2.75) is 45.4 Å². The van der Waals surface area contributed by atoms with Gasteiger partial charge in [0.05, 0.1) is 10.6 Å². The highest BCUT2D eigenvalue weighted by Crippen LogP contribution is 2.36. The molecule has 0 bridgehead atoms. The first-order chi connectivity index (χ1) is 11.4. The standard InChI is InChI=1S/C16H20ClF3N2O3/c1-15(2,3)25-13(23)5-4-8-21-14(24)22-10-6-7-12(17)11(9-10)16(18,19)20/h6-7,9H,4-5,8H2,1-3H3,(H2,21,22,24). The van der Waals surface area contributed by atoms with Crippen LogP contribution < -0.4 is 10.6 Å². The molecule has 0 spiro atoms. The van der Waals surface area contributed by atoms with Gasteiger partial charge in [-0.1, -0.05) is 11.6 Å². The van der Waals surface area contributed by atoms with Crippen molar-refractivity contribution < 1.29 is 27.5 Å². The van der Waals surface area contributed by atoms with Gasteiger partial charge in [-0.15, -0.1) is 0 Å². The topological polar surface area (TPSA) is 67.4 Å². The van der Waals surface area contributed by atoms with E-state index in [1.807, 2.05) is 0 Å². The molecule has 1 rings (SSSR count). The fourth-order valence-corrected chi connectivity index (χ4v) is 2.05. The van der Waals surface area contributed by atoms with Gasteiger partial charge in [0, 0.05) is 18.7 Å².